The number of hydrogen-bond donors (Lipinski definition) is 1. The Bertz CT molecular complexity index is 493. The summed E-state index contributed by atoms with van der Waals surface area (Å²) in [5, 5.41) is 4.32. The third-order valence-corrected chi connectivity index (χ3v) is 4.10. The quantitative estimate of drug-likeness (QED) is 0.900. The molecule has 0 spiro atoms. The van der Waals surface area contributed by atoms with Crippen LogP contribution in [-0.4, -0.2) is 11.0 Å². The van der Waals surface area contributed by atoms with Crippen LogP contribution < -0.4 is 5.32 Å². The van der Waals surface area contributed by atoms with E-state index in [1.54, 1.807) is 11.3 Å². The first-order valence-electron chi connectivity index (χ1n) is 6.02. The van der Waals surface area contributed by atoms with Crippen molar-refractivity contribution in [2.24, 2.45) is 0 Å². The van der Waals surface area contributed by atoms with E-state index in [1.807, 2.05) is 17.6 Å². The molecule has 2 aromatic rings. The van der Waals surface area contributed by atoms with E-state index in [9.17, 15) is 0 Å². The van der Waals surface area contributed by atoms with Crippen LogP contribution in [0.25, 0.3) is 0 Å². The Balaban J connectivity index is 1.83. The summed E-state index contributed by atoms with van der Waals surface area (Å²) in [6.07, 6.45) is 1.01. The molecule has 1 aromatic heterocycles. The number of aromatic nitrogens is 1. The molecule has 96 valence electrons. The lowest BCUT2D eigenvalue weighted by Gasteiger charge is -2.13. The number of thiazole rings is 1. The fourth-order valence-corrected chi connectivity index (χ4v) is 2.66. The van der Waals surface area contributed by atoms with Crippen LogP contribution in [0.4, 0.5) is 0 Å². The maximum atomic E-state index is 5.87. The summed E-state index contributed by atoms with van der Waals surface area (Å²) in [5.41, 5.74) is 4.34. The third kappa shape index (κ3) is 3.80. The van der Waals surface area contributed by atoms with Gasteiger partial charge in [-0.1, -0.05) is 23.7 Å². The molecule has 0 aliphatic carbocycles. The van der Waals surface area contributed by atoms with Gasteiger partial charge in [0.2, 0.25) is 0 Å². The Labute approximate surface area is 117 Å². The summed E-state index contributed by atoms with van der Waals surface area (Å²) >= 11 is 7.58. The summed E-state index contributed by atoms with van der Waals surface area (Å²) in [7, 11) is 0. The van der Waals surface area contributed by atoms with E-state index in [1.165, 1.54) is 10.4 Å². The van der Waals surface area contributed by atoms with Crippen LogP contribution in [0.15, 0.2) is 29.8 Å². The Morgan fingerprint density at radius 2 is 2.06 bits per heavy atom. The fraction of sp³-hybridized carbons (Fsp3) is 0.357. The standard InChI is InChI=1S/C14H17ClN2S/c1-10(7-12-3-5-13(15)6-4-12)16-8-14-11(2)17-9-18-14/h3-6,9-10,16H,7-8H2,1-2H3. The predicted octanol–water partition coefficient (Wildman–Crippen LogP) is 3.83. The molecular weight excluding hydrogens is 264 g/mol. The lowest BCUT2D eigenvalue weighted by molar-refractivity contribution is 0.547. The van der Waals surface area contributed by atoms with Crippen molar-refractivity contribution >= 4 is 22.9 Å². The number of nitrogens with zero attached hydrogens (tertiary/aromatic N) is 1. The van der Waals surface area contributed by atoms with Crippen LogP contribution in [0.3, 0.4) is 0 Å². The number of benzene rings is 1. The van der Waals surface area contributed by atoms with Crippen molar-refractivity contribution in [3.63, 3.8) is 0 Å². The normalized spacial score (nSPS) is 12.6. The first kappa shape index (κ1) is 13.5. The second kappa shape index (κ2) is 6.32. The van der Waals surface area contributed by atoms with E-state index in [0.29, 0.717) is 6.04 Å². The van der Waals surface area contributed by atoms with Gasteiger partial charge < -0.3 is 5.32 Å². The highest BCUT2D eigenvalue weighted by molar-refractivity contribution is 7.09. The van der Waals surface area contributed by atoms with E-state index in [0.717, 1.165) is 23.7 Å². The molecule has 1 aromatic carbocycles. The molecule has 0 aliphatic rings. The van der Waals surface area contributed by atoms with Crippen molar-refractivity contribution in [2.45, 2.75) is 32.9 Å². The summed E-state index contributed by atoms with van der Waals surface area (Å²) in [6.45, 7) is 5.15. The van der Waals surface area contributed by atoms with Gasteiger partial charge in [-0.3, -0.25) is 0 Å². The molecule has 0 saturated heterocycles. The van der Waals surface area contributed by atoms with Gasteiger partial charge in [0.05, 0.1) is 11.2 Å². The molecule has 2 rings (SSSR count). The number of nitrogens with one attached hydrogen (secondary N) is 1. The molecule has 1 atom stereocenters. The highest BCUT2D eigenvalue weighted by Gasteiger charge is 2.06. The van der Waals surface area contributed by atoms with Crippen LogP contribution in [0.1, 0.15) is 23.1 Å². The summed E-state index contributed by atoms with van der Waals surface area (Å²) in [5.74, 6) is 0. The highest BCUT2D eigenvalue weighted by atomic mass is 35.5. The van der Waals surface area contributed by atoms with E-state index < -0.39 is 0 Å². The van der Waals surface area contributed by atoms with Crippen molar-refractivity contribution in [2.75, 3.05) is 0 Å². The van der Waals surface area contributed by atoms with Gasteiger partial charge in [-0.05, 0) is 38.0 Å². The number of rotatable bonds is 5. The average molecular weight is 281 g/mol. The fourth-order valence-electron chi connectivity index (χ4n) is 1.81. The summed E-state index contributed by atoms with van der Waals surface area (Å²) in [6, 6.07) is 8.48. The van der Waals surface area contributed by atoms with Gasteiger partial charge in [-0.2, -0.15) is 0 Å². The van der Waals surface area contributed by atoms with Crippen molar-refractivity contribution in [1.82, 2.24) is 10.3 Å². The number of hydrogen-bond acceptors (Lipinski definition) is 3. The molecule has 1 heterocycles. The summed E-state index contributed by atoms with van der Waals surface area (Å²) < 4.78 is 0. The molecule has 0 aliphatic heterocycles. The van der Waals surface area contributed by atoms with Crippen LogP contribution >= 0.6 is 22.9 Å². The Morgan fingerprint density at radius 1 is 1.33 bits per heavy atom. The molecule has 2 nitrogen and oxygen atoms in total. The van der Waals surface area contributed by atoms with Crippen LogP contribution in [0, 0.1) is 6.92 Å². The Hall–Kier alpha value is -0.900. The van der Waals surface area contributed by atoms with Crippen molar-refractivity contribution < 1.29 is 0 Å². The van der Waals surface area contributed by atoms with Gasteiger partial charge in [0.15, 0.2) is 0 Å². The molecule has 0 radical (unpaired) electrons. The van der Waals surface area contributed by atoms with Crippen LogP contribution in [0.5, 0.6) is 0 Å². The van der Waals surface area contributed by atoms with E-state index in [-0.39, 0.29) is 0 Å². The lowest BCUT2D eigenvalue weighted by atomic mass is 10.1. The maximum absolute atomic E-state index is 5.87. The van der Waals surface area contributed by atoms with Crippen LogP contribution in [0.2, 0.25) is 5.02 Å². The summed E-state index contributed by atoms with van der Waals surface area (Å²) in [4.78, 5) is 5.57. The van der Waals surface area contributed by atoms with Gasteiger partial charge >= 0.3 is 0 Å². The molecule has 4 heteroatoms. The maximum Gasteiger partial charge on any atom is 0.0798 e. The minimum atomic E-state index is 0.438. The molecule has 18 heavy (non-hydrogen) atoms. The van der Waals surface area contributed by atoms with Crippen molar-refractivity contribution in [3.05, 3.63) is 50.9 Å². The zero-order chi connectivity index (χ0) is 13.0. The minimum absolute atomic E-state index is 0.438. The number of halogens is 1. The van der Waals surface area contributed by atoms with Crippen molar-refractivity contribution in [1.29, 1.82) is 0 Å². The lowest BCUT2D eigenvalue weighted by Crippen LogP contribution is -2.27. The van der Waals surface area contributed by atoms with E-state index in [4.69, 9.17) is 11.6 Å². The monoisotopic (exact) mass is 280 g/mol. The SMILES string of the molecule is Cc1ncsc1CNC(C)Cc1ccc(Cl)cc1. The van der Waals surface area contributed by atoms with Gasteiger partial charge in [-0.15, -0.1) is 11.3 Å². The van der Waals surface area contributed by atoms with Crippen LogP contribution in [-0.2, 0) is 13.0 Å². The average Bonchev–Trinajstić information content (AvgIpc) is 2.75. The molecule has 1 N–H and O–H groups in total. The molecule has 0 fully saturated rings. The van der Waals surface area contributed by atoms with Gasteiger partial charge in [0.25, 0.3) is 0 Å². The van der Waals surface area contributed by atoms with E-state index >= 15 is 0 Å². The highest BCUT2D eigenvalue weighted by Crippen LogP contribution is 2.13. The largest absolute Gasteiger partial charge is 0.309 e. The zero-order valence-corrected chi connectivity index (χ0v) is 12.2. The zero-order valence-electron chi connectivity index (χ0n) is 10.6. The first-order valence-corrected chi connectivity index (χ1v) is 7.27. The Kier molecular flexibility index (Phi) is 4.75. The van der Waals surface area contributed by atoms with E-state index in [2.05, 4.69) is 36.3 Å². The van der Waals surface area contributed by atoms with Gasteiger partial charge in [-0.25, -0.2) is 4.98 Å². The number of aryl methyl sites for hydroxylation is 1. The molecule has 0 saturated carbocycles. The second-order valence-electron chi connectivity index (χ2n) is 4.47. The van der Waals surface area contributed by atoms with Gasteiger partial charge in [0, 0.05) is 22.5 Å². The topological polar surface area (TPSA) is 24.9 Å². The Morgan fingerprint density at radius 3 is 2.67 bits per heavy atom. The minimum Gasteiger partial charge on any atom is -0.309 e. The second-order valence-corrected chi connectivity index (χ2v) is 5.85. The van der Waals surface area contributed by atoms with Gasteiger partial charge in [0.1, 0.15) is 0 Å². The molecule has 0 bridgehead atoms. The predicted molar refractivity (Wildman–Crippen MR) is 78.3 cm³/mol. The molecular formula is C14H17ClN2S. The third-order valence-electron chi connectivity index (χ3n) is 2.91. The smallest absolute Gasteiger partial charge is 0.0798 e. The van der Waals surface area contributed by atoms with Crippen molar-refractivity contribution in [3.8, 4) is 0 Å². The molecule has 0 amide bonds. The first-order chi connectivity index (χ1) is 8.65. The molecule has 1 unspecified atom stereocenters.